The molecule has 130 valence electrons. The van der Waals surface area contributed by atoms with Crippen molar-refractivity contribution in [3.05, 3.63) is 65.2 Å². The van der Waals surface area contributed by atoms with Crippen LogP contribution in [0, 0.1) is 0 Å². The van der Waals surface area contributed by atoms with E-state index < -0.39 is 0 Å². The Labute approximate surface area is 149 Å². The Balaban J connectivity index is 2.30. The van der Waals surface area contributed by atoms with Crippen molar-refractivity contribution < 1.29 is 4.79 Å². The minimum Gasteiger partial charge on any atom is -0.322 e. The van der Waals surface area contributed by atoms with E-state index in [9.17, 15) is 4.79 Å². The molecule has 0 spiro atoms. The number of carbonyl (C=O) groups excluding carboxylic acids is 1. The number of carbonyl (C=O) groups is 1. The number of hydrogen-bond acceptors (Lipinski definition) is 3. The van der Waals surface area contributed by atoms with Gasteiger partial charge in [0.1, 0.15) is 0 Å². The van der Waals surface area contributed by atoms with Crippen LogP contribution in [0.4, 0.5) is 5.69 Å². The summed E-state index contributed by atoms with van der Waals surface area (Å²) in [6, 6.07) is 15.4. The third kappa shape index (κ3) is 6.34. The van der Waals surface area contributed by atoms with Crippen molar-refractivity contribution in [2.75, 3.05) is 5.32 Å². The first-order valence-electron chi connectivity index (χ1n) is 8.52. The number of rotatable bonds is 6. The van der Waals surface area contributed by atoms with Crippen LogP contribution in [-0.4, -0.2) is 30.4 Å². The van der Waals surface area contributed by atoms with E-state index in [1.54, 1.807) is 12.1 Å². The third-order valence-electron chi connectivity index (χ3n) is 3.32. The summed E-state index contributed by atoms with van der Waals surface area (Å²) in [6.45, 7) is 8.11. The summed E-state index contributed by atoms with van der Waals surface area (Å²) in [5, 5.41) is 2.95. The second-order valence-electron chi connectivity index (χ2n) is 6.45. The molecule has 0 saturated carbocycles. The third-order valence-corrected chi connectivity index (χ3v) is 3.32. The second kappa shape index (κ2) is 8.92. The summed E-state index contributed by atoms with van der Waals surface area (Å²) in [5.41, 5.74) is 3.22. The number of anilines is 1. The molecule has 4 nitrogen and oxygen atoms in total. The number of hydrogen-bond donors (Lipinski definition) is 1. The zero-order chi connectivity index (χ0) is 18.2. The summed E-state index contributed by atoms with van der Waals surface area (Å²) in [4.78, 5) is 21.2. The number of nitrogens with one attached hydrogen (secondary N) is 1. The summed E-state index contributed by atoms with van der Waals surface area (Å²) < 4.78 is 0. The van der Waals surface area contributed by atoms with Gasteiger partial charge in [0.2, 0.25) is 0 Å². The van der Waals surface area contributed by atoms with Crippen molar-refractivity contribution in [2.45, 2.75) is 39.8 Å². The Bertz CT molecular complexity index is 726. The molecule has 25 heavy (non-hydrogen) atoms. The van der Waals surface area contributed by atoms with Gasteiger partial charge in [-0.15, -0.1) is 0 Å². The van der Waals surface area contributed by atoms with E-state index in [0.717, 1.165) is 16.8 Å². The van der Waals surface area contributed by atoms with Gasteiger partial charge in [-0.1, -0.05) is 18.2 Å². The maximum atomic E-state index is 12.4. The Hall–Kier alpha value is -2.75. The number of benzene rings is 2. The highest BCUT2D eigenvalue weighted by molar-refractivity contribution is 6.05. The van der Waals surface area contributed by atoms with E-state index in [0.29, 0.717) is 5.56 Å². The summed E-state index contributed by atoms with van der Waals surface area (Å²) in [6.07, 6.45) is 3.66. The van der Waals surface area contributed by atoms with Crippen LogP contribution in [0.25, 0.3) is 0 Å². The molecule has 0 saturated heterocycles. The first kappa shape index (κ1) is 18.6. The van der Waals surface area contributed by atoms with Crippen LogP contribution in [0.15, 0.2) is 58.5 Å². The minimum atomic E-state index is -0.134. The van der Waals surface area contributed by atoms with E-state index >= 15 is 0 Å². The highest BCUT2D eigenvalue weighted by Gasteiger charge is 2.07. The fraction of sp³-hybridized carbons (Fsp3) is 0.286. The second-order valence-corrected chi connectivity index (χ2v) is 6.45. The van der Waals surface area contributed by atoms with Gasteiger partial charge in [-0.25, -0.2) is 0 Å². The van der Waals surface area contributed by atoms with Gasteiger partial charge >= 0.3 is 0 Å². The monoisotopic (exact) mass is 335 g/mol. The quantitative estimate of drug-likeness (QED) is 0.771. The summed E-state index contributed by atoms with van der Waals surface area (Å²) >= 11 is 0. The van der Waals surface area contributed by atoms with E-state index in [-0.39, 0.29) is 18.0 Å². The highest BCUT2D eigenvalue weighted by atomic mass is 16.1. The molecule has 0 heterocycles. The van der Waals surface area contributed by atoms with Gasteiger partial charge in [0, 0.05) is 35.8 Å². The molecule has 0 aliphatic carbocycles. The average Bonchev–Trinajstić information content (AvgIpc) is 2.59. The molecular formula is C21H25N3O. The molecule has 2 aromatic rings. The molecule has 0 aliphatic heterocycles. The van der Waals surface area contributed by atoms with Gasteiger partial charge in [0.05, 0.1) is 0 Å². The fourth-order valence-electron chi connectivity index (χ4n) is 2.16. The number of nitrogens with zero attached hydrogens (tertiary/aromatic N) is 2. The lowest BCUT2D eigenvalue weighted by Gasteiger charge is -2.08. The lowest BCUT2D eigenvalue weighted by Crippen LogP contribution is -2.12. The average molecular weight is 335 g/mol. The Morgan fingerprint density at radius 2 is 1.40 bits per heavy atom. The molecule has 0 aromatic heterocycles. The summed E-state index contributed by atoms with van der Waals surface area (Å²) in [7, 11) is 0. The molecule has 0 unspecified atom stereocenters. The zero-order valence-corrected chi connectivity index (χ0v) is 15.2. The van der Waals surface area contributed by atoms with Gasteiger partial charge in [0.25, 0.3) is 5.91 Å². The van der Waals surface area contributed by atoms with E-state index in [2.05, 4.69) is 15.3 Å². The molecule has 0 fully saturated rings. The topological polar surface area (TPSA) is 53.8 Å². The SMILES string of the molecule is CC(C)/N=C/c1cc(/C=N/C(C)C)cc(NC(=O)c2ccccc2)c1. The molecule has 0 bridgehead atoms. The largest absolute Gasteiger partial charge is 0.322 e. The van der Waals surface area contributed by atoms with Crippen molar-refractivity contribution in [3.63, 3.8) is 0 Å². The fourth-order valence-corrected chi connectivity index (χ4v) is 2.16. The van der Waals surface area contributed by atoms with Crippen molar-refractivity contribution in [3.8, 4) is 0 Å². The van der Waals surface area contributed by atoms with Gasteiger partial charge in [-0.05, 0) is 69.2 Å². The van der Waals surface area contributed by atoms with E-state index in [4.69, 9.17) is 0 Å². The molecule has 2 aromatic carbocycles. The van der Waals surface area contributed by atoms with Crippen molar-refractivity contribution in [1.82, 2.24) is 0 Å². The molecule has 2 rings (SSSR count). The Morgan fingerprint density at radius 3 is 1.88 bits per heavy atom. The van der Waals surface area contributed by atoms with Crippen LogP contribution < -0.4 is 5.32 Å². The smallest absolute Gasteiger partial charge is 0.255 e. The maximum Gasteiger partial charge on any atom is 0.255 e. The van der Waals surface area contributed by atoms with Gasteiger partial charge < -0.3 is 5.32 Å². The van der Waals surface area contributed by atoms with E-state index in [1.807, 2.05) is 76.5 Å². The van der Waals surface area contributed by atoms with Crippen LogP contribution in [0.5, 0.6) is 0 Å². The molecule has 1 N–H and O–H groups in total. The molecule has 0 radical (unpaired) electrons. The lowest BCUT2D eigenvalue weighted by atomic mass is 10.1. The predicted molar refractivity (Wildman–Crippen MR) is 106 cm³/mol. The van der Waals surface area contributed by atoms with Crippen LogP contribution in [0.1, 0.15) is 49.2 Å². The number of amides is 1. The van der Waals surface area contributed by atoms with Crippen LogP contribution in [-0.2, 0) is 0 Å². The van der Waals surface area contributed by atoms with Crippen LogP contribution in [0.2, 0.25) is 0 Å². The van der Waals surface area contributed by atoms with Crippen LogP contribution in [0.3, 0.4) is 0 Å². The van der Waals surface area contributed by atoms with Gasteiger partial charge in [-0.3, -0.25) is 14.8 Å². The Kier molecular flexibility index (Phi) is 6.63. The molecule has 4 heteroatoms. The first-order chi connectivity index (χ1) is 11.9. The maximum absolute atomic E-state index is 12.4. The minimum absolute atomic E-state index is 0.134. The standard InChI is InChI=1S/C21H25N3O/c1-15(2)22-13-17-10-18(14-23-16(3)4)12-20(11-17)24-21(25)19-8-6-5-7-9-19/h5-16H,1-4H3,(H,24,25)/b22-13+,23-14+. The Morgan fingerprint density at radius 1 is 0.880 bits per heavy atom. The molecular weight excluding hydrogens is 310 g/mol. The van der Waals surface area contributed by atoms with Gasteiger partial charge in [0.15, 0.2) is 0 Å². The molecule has 0 atom stereocenters. The van der Waals surface area contributed by atoms with Crippen molar-refractivity contribution in [2.24, 2.45) is 9.98 Å². The first-order valence-corrected chi connectivity index (χ1v) is 8.52. The van der Waals surface area contributed by atoms with Gasteiger partial charge in [-0.2, -0.15) is 0 Å². The lowest BCUT2D eigenvalue weighted by molar-refractivity contribution is 0.102. The van der Waals surface area contributed by atoms with Crippen LogP contribution >= 0.6 is 0 Å². The highest BCUT2D eigenvalue weighted by Crippen LogP contribution is 2.15. The normalized spacial score (nSPS) is 11.8. The van der Waals surface area contributed by atoms with Crippen molar-refractivity contribution >= 4 is 24.0 Å². The summed E-state index contributed by atoms with van der Waals surface area (Å²) in [5.74, 6) is -0.134. The van der Waals surface area contributed by atoms with Crippen molar-refractivity contribution in [1.29, 1.82) is 0 Å². The van der Waals surface area contributed by atoms with E-state index in [1.165, 1.54) is 0 Å². The number of aliphatic imine (C=N–C) groups is 2. The zero-order valence-electron chi connectivity index (χ0n) is 15.2. The molecule has 1 amide bonds. The predicted octanol–water partition coefficient (Wildman–Crippen LogP) is 4.59. The molecule has 0 aliphatic rings.